The highest BCUT2D eigenvalue weighted by Gasteiger charge is 2.02. The highest BCUT2D eigenvalue weighted by molar-refractivity contribution is 5.96. The zero-order valence-electron chi connectivity index (χ0n) is 6.44. The predicted octanol–water partition coefficient (Wildman–Crippen LogP) is 1.50. The molecule has 0 heterocycles. The Hall–Kier alpha value is -0.920. The second-order valence-electron chi connectivity index (χ2n) is 2.41. The van der Waals surface area contributed by atoms with Crippen LogP contribution in [-0.2, 0) is 9.59 Å². The van der Waals surface area contributed by atoms with Crippen LogP contribution < -0.4 is 0 Å². The molecule has 0 fully saturated rings. The van der Waals surface area contributed by atoms with E-state index in [2.05, 4.69) is 6.58 Å². The Morgan fingerprint density at radius 2 is 1.70 bits per heavy atom. The summed E-state index contributed by atoms with van der Waals surface area (Å²) in [6, 6.07) is 0. The molecule has 0 aliphatic rings. The van der Waals surface area contributed by atoms with Crippen molar-refractivity contribution in [1.29, 1.82) is 0 Å². The fraction of sp³-hybridized carbons (Fsp3) is 0.500. The number of rotatable bonds is 4. The molecule has 0 bridgehead atoms. The van der Waals surface area contributed by atoms with Crippen molar-refractivity contribution >= 4 is 11.6 Å². The first kappa shape index (κ1) is 9.08. The minimum atomic E-state index is -0.0183. The summed E-state index contributed by atoms with van der Waals surface area (Å²) in [6.07, 6.45) is 0.649. The van der Waals surface area contributed by atoms with Gasteiger partial charge >= 0.3 is 0 Å². The predicted molar refractivity (Wildman–Crippen MR) is 39.7 cm³/mol. The van der Waals surface area contributed by atoms with E-state index in [1.54, 1.807) is 6.92 Å². The van der Waals surface area contributed by atoms with Gasteiger partial charge in [0.1, 0.15) is 5.78 Å². The number of Topliss-reactive ketones (excluding diaryl/α,β-unsaturated/α-hetero) is 2. The lowest BCUT2D eigenvalue weighted by Crippen LogP contribution is -2.01. The average molecular weight is 140 g/mol. The summed E-state index contributed by atoms with van der Waals surface area (Å²) < 4.78 is 0. The Balaban J connectivity index is 3.60. The van der Waals surface area contributed by atoms with Crippen LogP contribution >= 0.6 is 0 Å². The summed E-state index contributed by atoms with van der Waals surface area (Å²) in [5.74, 6) is 0.0322. The van der Waals surface area contributed by atoms with E-state index in [-0.39, 0.29) is 11.6 Å². The molecule has 0 aliphatic heterocycles. The largest absolute Gasteiger partial charge is 0.300 e. The minimum absolute atomic E-state index is 0.0183. The molecular weight excluding hydrogens is 128 g/mol. The number of ketones is 2. The van der Waals surface area contributed by atoms with E-state index in [0.29, 0.717) is 18.4 Å². The van der Waals surface area contributed by atoms with Gasteiger partial charge in [-0.05, 0) is 19.4 Å². The highest BCUT2D eigenvalue weighted by atomic mass is 16.1. The van der Waals surface area contributed by atoms with Gasteiger partial charge in [-0.3, -0.25) is 4.79 Å². The van der Waals surface area contributed by atoms with Crippen molar-refractivity contribution in [3.63, 3.8) is 0 Å². The minimum Gasteiger partial charge on any atom is -0.300 e. The number of carbonyl (C=O) groups is 2. The number of allylic oxidation sites excluding steroid dienone is 1. The molecule has 0 rings (SSSR count). The van der Waals surface area contributed by atoms with Gasteiger partial charge in [0.05, 0.1) is 0 Å². The summed E-state index contributed by atoms with van der Waals surface area (Å²) in [4.78, 5) is 21.2. The van der Waals surface area contributed by atoms with Crippen LogP contribution in [0.1, 0.15) is 26.7 Å². The van der Waals surface area contributed by atoms with Gasteiger partial charge in [0.2, 0.25) is 0 Å². The van der Waals surface area contributed by atoms with E-state index in [1.807, 2.05) is 0 Å². The van der Waals surface area contributed by atoms with Gasteiger partial charge in [-0.25, -0.2) is 0 Å². The molecular formula is C8H12O2. The number of hydrogen-bond donors (Lipinski definition) is 0. The SMILES string of the molecule is C=C(C)C(=O)CCC(C)=O. The lowest BCUT2D eigenvalue weighted by molar-refractivity contribution is -0.121. The van der Waals surface area contributed by atoms with Crippen LogP contribution in [0.4, 0.5) is 0 Å². The van der Waals surface area contributed by atoms with Gasteiger partial charge in [-0.1, -0.05) is 6.58 Å². The molecule has 0 unspecified atom stereocenters. The molecule has 0 aromatic heterocycles. The van der Waals surface area contributed by atoms with Crippen LogP contribution in [0, 0.1) is 0 Å². The van der Waals surface area contributed by atoms with E-state index in [4.69, 9.17) is 0 Å². The molecule has 0 spiro atoms. The molecule has 56 valence electrons. The van der Waals surface area contributed by atoms with Gasteiger partial charge < -0.3 is 4.79 Å². The van der Waals surface area contributed by atoms with Crippen molar-refractivity contribution in [2.45, 2.75) is 26.7 Å². The first-order chi connectivity index (χ1) is 4.54. The maximum Gasteiger partial charge on any atom is 0.158 e. The van der Waals surface area contributed by atoms with Crippen molar-refractivity contribution in [2.75, 3.05) is 0 Å². The third-order valence-corrected chi connectivity index (χ3v) is 1.18. The fourth-order valence-corrected chi connectivity index (χ4v) is 0.503. The van der Waals surface area contributed by atoms with Gasteiger partial charge in [0.25, 0.3) is 0 Å². The molecule has 0 radical (unpaired) electrons. The van der Waals surface area contributed by atoms with Crippen LogP contribution in [0.2, 0.25) is 0 Å². The zero-order chi connectivity index (χ0) is 8.15. The second-order valence-corrected chi connectivity index (χ2v) is 2.41. The number of carbonyl (C=O) groups excluding carboxylic acids is 2. The molecule has 0 N–H and O–H groups in total. The average Bonchev–Trinajstić information content (AvgIpc) is 1.82. The molecule has 0 aromatic carbocycles. The highest BCUT2D eigenvalue weighted by Crippen LogP contribution is 1.98. The lowest BCUT2D eigenvalue weighted by atomic mass is 10.1. The Labute approximate surface area is 60.9 Å². The maximum absolute atomic E-state index is 10.8. The topological polar surface area (TPSA) is 34.1 Å². The quantitative estimate of drug-likeness (QED) is 0.554. The van der Waals surface area contributed by atoms with Crippen molar-refractivity contribution in [2.24, 2.45) is 0 Å². The van der Waals surface area contributed by atoms with E-state index < -0.39 is 0 Å². The van der Waals surface area contributed by atoms with Crippen molar-refractivity contribution in [3.8, 4) is 0 Å². The van der Waals surface area contributed by atoms with E-state index in [9.17, 15) is 9.59 Å². The van der Waals surface area contributed by atoms with E-state index in [1.165, 1.54) is 6.92 Å². The molecule has 0 amide bonds. The van der Waals surface area contributed by atoms with Crippen molar-refractivity contribution < 1.29 is 9.59 Å². The van der Waals surface area contributed by atoms with Gasteiger partial charge in [0, 0.05) is 12.8 Å². The van der Waals surface area contributed by atoms with Gasteiger partial charge in [0.15, 0.2) is 5.78 Å². The van der Waals surface area contributed by atoms with Gasteiger partial charge in [-0.15, -0.1) is 0 Å². The first-order valence-electron chi connectivity index (χ1n) is 3.22. The Bertz CT molecular complexity index is 168. The summed E-state index contributed by atoms with van der Waals surface area (Å²) in [5, 5.41) is 0. The van der Waals surface area contributed by atoms with Crippen molar-refractivity contribution in [1.82, 2.24) is 0 Å². The van der Waals surface area contributed by atoms with Crippen LogP contribution in [0.3, 0.4) is 0 Å². The van der Waals surface area contributed by atoms with E-state index >= 15 is 0 Å². The molecule has 10 heavy (non-hydrogen) atoms. The number of hydrogen-bond acceptors (Lipinski definition) is 2. The summed E-state index contributed by atoms with van der Waals surface area (Å²) in [7, 11) is 0. The summed E-state index contributed by atoms with van der Waals surface area (Å²) >= 11 is 0. The normalized spacial score (nSPS) is 9.00. The molecule has 0 aliphatic carbocycles. The van der Waals surface area contributed by atoms with Gasteiger partial charge in [-0.2, -0.15) is 0 Å². The maximum atomic E-state index is 10.8. The van der Waals surface area contributed by atoms with Crippen LogP contribution in [0.5, 0.6) is 0 Å². The molecule has 0 aromatic rings. The standard InChI is InChI=1S/C8H12O2/c1-6(2)8(10)5-4-7(3)9/h1,4-5H2,2-3H3. The Morgan fingerprint density at radius 1 is 1.20 bits per heavy atom. The summed E-state index contributed by atoms with van der Waals surface area (Å²) in [6.45, 7) is 6.61. The molecule has 0 saturated heterocycles. The van der Waals surface area contributed by atoms with Crippen LogP contribution in [-0.4, -0.2) is 11.6 Å². The van der Waals surface area contributed by atoms with Crippen LogP contribution in [0.15, 0.2) is 12.2 Å². The van der Waals surface area contributed by atoms with Crippen LogP contribution in [0.25, 0.3) is 0 Å². The second kappa shape index (κ2) is 3.99. The third-order valence-electron chi connectivity index (χ3n) is 1.18. The fourth-order valence-electron chi connectivity index (χ4n) is 0.503. The molecule has 2 heteroatoms. The molecule has 2 nitrogen and oxygen atoms in total. The third kappa shape index (κ3) is 4.01. The monoisotopic (exact) mass is 140 g/mol. The Morgan fingerprint density at radius 3 is 2.00 bits per heavy atom. The smallest absolute Gasteiger partial charge is 0.158 e. The lowest BCUT2D eigenvalue weighted by Gasteiger charge is -1.94. The van der Waals surface area contributed by atoms with Crippen molar-refractivity contribution in [3.05, 3.63) is 12.2 Å². The summed E-state index contributed by atoms with van der Waals surface area (Å²) in [5.41, 5.74) is 0.529. The Kier molecular flexibility index (Phi) is 3.62. The molecule has 0 atom stereocenters. The molecule has 0 saturated carbocycles. The first-order valence-corrected chi connectivity index (χ1v) is 3.22. The van der Waals surface area contributed by atoms with E-state index in [0.717, 1.165) is 0 Å². The zero-order valence-corrected chi connectivity index (χ0v) is 6.44.